The number of amides is 1. The number of hydrogen-bond donors (Lipinski definition) is 0. The van der Waals surface area contributed by atoms with E-state index in [-0.39, 0.29) is 17.8 Å². The van der Waals surface area contributed by atoms with Crippen molar-refractivity contribution in [1.82, 2.24) is 4.90 Å². The van der Waals surface area contributed by atoms with E-state index in [1.807, 2.05) is 60.7 Å². The molecular weight excluding hydrogens is 342 g/mol. The Labute approximate surface area is 159 Å². The van der Waals surface area contributed by atoms with Crippen LogP contribution in [-0.4, -0.2) is 44.1 Å². The zero-order valence-electron chi connectivity index (χ0n) is 15.9. The summed E-state index contributed by atoms with van der Waals surface area (Å²) in [5.74, 6) is -0.931. The largest absolute Gasteiger partial charge is 0.469 e. The van der Waals surface area contributed by atoms with E-state index >= 15 is 0 Å². The molecule has 0 radical (unpaired) electrons. The second-order valence-electron chi connectivity index (χ2n) is 6.96. The molecule has 1 aliphatic rings. The summed E-state index contributed by atoms with van der Waals surface area (Å²) in [5, 5.41) is 0. The third-order valence-corrected chi connectivity index (χ3v) is 5.48. The molecule has 1 heterocycles. The molecule has 3 atom stereocenters. The van der Waals surface area contributed by atoms with E-state index in [0.29, 0.717) is 13.1 Å². The Kier molecular flexibility index (Phi) is 5.61. The van der Waals surface area contributed by atoms with Gasteiger partial charge in [0, 0.05) is 26.1 Å². The van der Waals surface area contributed by atoms with E-state index in [9.17, 15) is 9.59 Å². The fourth-order valence-electron chi connectivity index (χ4n) is 3.78. The summed E-state index contributed by atoms with van der Waals surface area (Å²) in [5.41, 5.74) is 0.713. The molecule has 2 aromatic rings. The van der Waals surface area contributed by atoms with Crippen LogP contribution in [0.3, 0.4) is 0 Å². The predicted octanol–water partition coefficient (Wildman–Crippen LogP) is 2.96. The van der Waals surface area contributed by atoms with Gasteiger partial charge in [0.15, 0.2) is 5.60 Å². The van der Waals surface area contributed by atoms with Gasteiger partial charge in [-0.05, 0) is 18.1 Å². The first-order chi connectivity index (χ1) is 13.0. The fourth-order valence-corrected chi connectivity index (χ4v) is 3.78. The minimum atomic E-state index is -1.10. The highest BCUT2D eigenvalue weighted by Gasteiger charge is 2.46. The third kappa shape index (κ3) is 3.60. The zero-order valence-corrected chi connectivity index (χ0v) is 15.9. The number of carbonyl (C=O) groups excluding carboxylic acids is 2. The van der Waals surface area contributed by atoms with Gasteiger partial charge in [0.1, 0.15) is 0 Å². The number of carbonyl (C=O) groups is 2. The molecule has 27 heavy (non-hydrogen) atoms. The quantitative estimate of drug-likeness (QED) is 0.763. The summed E-state index contributed by atoms with van der Waals surface area (Å²) in [6.45, 7) is 2.54. The van der Waals surface area contributed by atoms with Crippen molar-refractivity contribution in [3.63, 3.8) is 0 Å². The van der Waals surface area contributed by atoms with Gasteiger partial charge < -0.3 is 14.4 Å². The topological polar surface area (TPSA) is 55.8 Å². The molecule has 0 spiro atoms. The third-order valence-electron chi connectivity index (χ3n) is 5.48. The lowest BCUT2D eigenvalue weighted by atomic mass is 9.89. The molecule has 3 rings (SSSR count). The van der Waals surface area contributed by atoms with Gasteiger partial charge in [0.05, 0.1) is 13.0 Å². The molecule has 0 N–H and O–H groups in total. The van der Waals surface area contributed by atoms with Crippen LogP contribution in [0.25, 0.3) is 0 Å². The molecule has 0 saturated carbocycles. The van der Waals surface area contributed by atoms with Crippen LogP contribution in [0.1, 0.15) is 24.0 Å². The SMILES string of the molecule is COC(=O)[C@@H]1CN(C(=O)[C@@](C)(OC)c2ccccc2)C[C@H]1c1ccccc1. The Balaban J connectivity index is 1.90. The number of likely N-dealkylation sites (tertiary alicyclic amines) is 1. The van der Waals surface area contributed by atoms with Crippen molar-refractivity contribution in [2.45, 2.75) is 18.4 Å². The van der Waals surface area contributed by atoms with Crippen LogP contribution < -0.4 is 0 Å². The van der Waals surface area contributed by atoms with Gasteiger partial charge >= 0.3 is 5.97 Å². The maximum atomic E-state index is 13.4. The van der Waals surface area contributed by atoms with Crippen molar-refractivity contribution < 1.29 is 19.1 Å². The van der Waals surface area contributed by atoms with Crippen LogP contribution in [-0.2, 0) is 24.7 Å². The molecule has 0 aliphatic carbocycles. The number of rotatable bonds is 5. The second-order valence-corrected chi connectivity index (χ2v) is 6.96. The summed E-state index contributed by atoms with van der Waals surface area (Å²) in [4.78, 5) is 27.5. The fraction of sp³-hybridized carbons (Fsp3) is 0.364. The molecule has 1 fully saturated rings. The Morgan fingerprint density at radius 1 is 0.963 bits per heavy atom. The lowest BCUT2D eigenvalue weighted by Crippen LogP contribution is -2.45. The van der Waals surface area contributed by atoms with E-state index in [2.05, 4.69) is 0 Å². The standard InChI is InChI=1S/C22H25NO4/c1-22(27-3,17-12-8-5-9-13-17)21(25)23-14-18(16-10-6-4-7-11-16)19(15-23)20(24)26-2/h4-13,18-19H,14-15H2,1-3H3/t18-,19+,22-/m0/s1. The maximum absolute atomic E-state index is 13.4. The summed E-state index contributed by atoms with van der Waals surface area (Å²) in [6, 6.07) is 19.2. The van der Waals surface area contributed by atoms with E-state index in [1.54, 1.807) is 11.8 Å². The minimum absolute atomic E-state index is 0.0977. The highest BCUT2D eigenvalue weighted by atomic mass is 16.5. The highest BCUT2D eigenvalue weighted by molar-refractivity contribution is 5.88. The molecular formula is C22H25NO4. The average molecular weight is 367 g/mol. The molecule has 0 bridgehead atoms. The summed E-state index contributed by atoms with van der Waals surface area (Å²) in [6.07, 6.45) is 0. The van der Waals surface area contributed by atoms with E-state index in [1.165, 1.54) is 14.2 Å². The molecule has 0 unspecified atom stereocenters. The van der Waals surface area contributed by atoms with Crippen LogP contribution in [0.2, 0.25) is 0 Å². The first-order valence-electron chi connectivity index (χ1n) is 9.04. The normalized spacial score (nSPS) is 21.5. The number of nitrogens with zero attached hydrogens (tertiary/aromatic N) is 1. The summed E-state index contributed by atoms with van der Waals surface area (Å²) >= 11 is 0. The smallest absolute Gasteiger partial charge is 0.311 e. The molecule has 1 amide bonds. The summed E-state index contributed by atoms with van der Waals surface area (Å²) in [7, 11) is 2.92. The number of ether oxygens (including phenoxy) is 2. The second kappa shape index (κ2) is 7.92. The van der Waals surface area contributed by atoms with E-state index in [0.717, 1.165) is 11.1 Å². The predicted molar refractivity (Wildman–Crippen MR) is 102 cm³/mol. The van der Waals surface area contributed by atoms with Gasteiger partial charge in [-0.1, -0.05) is 60.7 Å². The molecule has 2 aromatic carbocycles. The van der Waals surface area contributed by atoms with Crippen LogP contribution in [0.15, 0.2) is 60.7 Å². The van der Waals surface area contributed by atoms with Gasteiger partial charge in [-0.15, -0.1) is 0 Å². The van der Waals surface area contributed by atoms with Crippen molar-refractivity contribution in [3.05, 3.63) is 71.8 Å². The van der Waals surface area contributed by atoms with Crippen LogP contribution in [0, 0.1) is 5.92 Å². The van der Waals surface area contributed by atoms with E-state index in [4.69, 9.17) is 9.47 Å². The Morgan fingerprint density at radius 3 is 2.11 bits per heavy atom. The first-order valence-corrected chi connectivity index (χ1v) is 9.04. The molecule has 0 aromatic heterocycles. The number of benzene rings is 2. The van der Waals surface area contributed by atoms with Crippen molar-refractivity contribution in [2.24, 2.45) is 5.92 Å². The van der Waals surface area contributed by atoms with Gasteiger partial charge in [-0.2, -0.15) is 0 Å². The average Bonchev–Trinajstić information content (AvgIpc) is 3.18. The van der Waals surface area contributed by atoms with Crippen molar-refractivity contribution in [2.75, 3.05) is 27.3 Å². The first kappa shape index (κ1) is 19.1. The molecule has 5 nitrogen and oxygen atoms in total. The lowest BCUT2D eigenvalue weighted by Gasteiger charge is -2.32. The minimum Gasteiger partial charge on any atom is -0.469 e. The maximum Gasteiger partial charge on any atom is 0.311 e. The van der Waals surface area contributed by atoms with Gasteiger partial charge in [-0.25, -0.2) is 0 Å². The number of methoxy groups -OCH3 is 2. The van der Waals surface area contributed by atoms with Crippen molar-refractivity contribution in [3.8, 4) is 0 Å². The van der Waals surface area contributed by atoms with E-state index < -0.39 is 11.5 Å². The van der Waals surface area contributed by atoms with Gasteiger partial charge in [0.25, 0.3) is 5.91 Å². The molecule has 142 valence electrons. The van der Waals surface area contributed by atoms with Crippen molar-refractivity contribution >= 4 is 11.9 Å². The molecule has 1 saturated heterocycles. The Hall–Kier alpha value is -2.66. The van der Waals surface area contributed by atoms with Crippen LogP contribution in [0.4, 0.5) is 0 Å². The monoisotopic (exact) mass is 367 g/mol. The Bertz CT molecular complexity index is 792. The lowest BCUT2D eigenvalue weighted by molar-refractivity contribution is -0.154. The highest BCUT2D eigenvalue weighted by Crippen LogP contribution is 2.37. The van der Waals surface area contributed by atoms with Gasteiger partial charge in [-0.3, -0.25) is 9.59 Å². The molecule has 5 heteroatoms. The Morgan fingerprint density at radius 2 is 1.56 bits per heavy atom. The summed E-state index contributed by atoms with van der Waals surface area (Å²) < 4.78 is 10.7. The van der Waals surface area contributed by atoms with Crippen LogP contribution >= 0.6 is 0 Å². The molecule has 1 aliphatic heterocycles. The van der Waals surface area contributed by atoms with Gasteiger partial charge in [0.2, 0.25) is 0 Å². The van der Waals surface area contributed by atoms with Crippen molar-refractivity contribution in [1.29, 1.82) is 0 Å². The zero-order chi connectivity index (χ0) is 19.4. The number of esters is 1. The van der Waals surface area contributed by atoms with Crippen LogP contribution in [0.5, 0.6) is 0 Å². The number of hydrogen-bond acceptors (Lipinski definition) is 4.